The van der Waals surface area contributed by atoms with E-state index in [2.05, 4.69) is 11.3 Å². The summed E-state index contributed by atoms with van der Waals surface area (Å²) in [5, 5.41) is 0. The predicted molar refractivity (Wildman–Crippen MR) is 57.3 cm³/mol. The second-order valence-corrected chi connectivity index (χ2v) is 3.75. The van der Waals surface area contributed by atoms with Gasteiger partial charge in [0.05, 0.1) is 7.11 Å². The summed E-state index contributed by atoms with van der Waals surface area (Å²) < 4.78 is 4.46. The van der Waals surface area contributed by atoms with E-state index in [1.54, 1.807) is 12.2 Å². The van der Waals surface area contributed by atoms with Gasteiger partial charge in [0.2, 0.25) is 0 Å². The Hall–Kier alpha value is -1.38. The fraction of sp³-hybridized carbons (Fsp3) is 0.500. The van der Waals surface area contributed by atoms with Crippen molar-refractivity contribution in [1.29, 1.82) is 0 Å². The normalized spacial score (nSPS) is 25.0. The van der Waals surface area contributed by atoms with Gasteiger partial charge in [0.25, 0.3) is 0 Å². The van der Waals surface area contributed by atoms with E-state index in [0.717, 1.165) is 12.8 Å². The molecule has 1 atom stereocenters. The second-order valence-electron chi connectivity index (χ2n) is 3.75. The van der Waals surface area contributed by atoms with Crippen molar-refractivity contribution in [2.45, 2.75) is 25.7 Å². The van der Waals surface area contributed by atoms with Crippen LogP contribution in [0, 0.1) is 5.41 Å². The molecule has 0 aliphatic heterocycles. The predicted octanol–water partition coefficient (Wildman–Crippen LogP) is 2.03. The number of methoxy groups -OCH3 is 1. The Kier molecular flexibility index (Phi) is 3.83. The number of carbonyl (C=O) groups excluding carboxylic acids is 2. The second kappa shape index (κ2) is 4.91. The molecule has 3 heteroatoms. The zero-order valence-corrected chi connectivity index (χ0v) is 8.99. The van der Waals surface area contributed by atoms with E-state index in [1.165, 1.54) is 13.2 Å². The first-order valence-electron chi connectivity index (χ1n) is 5.06. The van der Waals surface area contributed by atoms with Crippen LogP contribution < -0.4 is 0 Å². The molecule has 0 heterocycles. The molecule has 1 fully saturated rings. The molecule has 1 aliphatic carbocycles. The van der Waals surface area contributed by atoms with Crippen molar-refractivity contribution in [3.63, 3.8) is 0 Å². The van der Waals surface area contributed by atoms with E-state index in [-0.39, 0.29) is 17.2 Å². The quantitative estimate of drug-likeness (QED) is 0.394. The maximum absolute atomic E-state index is 11.4. The minimum atomic E-state index is -0.359. The van der Waals surface area contributed by atoms with Crippen LogP contribution in [0.4, 0.5) is 0 Å². The van der Waals surface area contributed by atoms with Crippen molar-refractivity contribution in [3.8, 4) is 0 Å². The zero-order valence-electron chi connectivity index (χ0n) is 8.99. The molecule has 1 saturated carbocycles. The van der Waals surface area contributed by atoms with Gasteiger partial charge in [-0.1, -0.05) is 12.2 Å². The lowest BCUT2D eigenvalue weighted by molar-refractivity contribution is -0.135. The van der Waals surface area contributed by atoms with Crippen molar-refractivity contribution in [2.75, 3.05) is 7.11 Å². The fourth-order valence-electron chi connectivity index (χ4n) is 1.72. The van der Waals surface area contributed by atoms with Gasteiger partial charge in [-0.15, -0.1) is 6.58 Å². The lowest BCUT2D eigenvalue weighted by Gasteiger charge is -2.36. The van der Waals surface area contributed by atoms with Crippen molar-refractivity contribution >= 4 is 11.8 Å². The number of hydrogen-bond donors (Lipinski definition) is 0. The molecule has 0 unspecified atom stereocenters. The minimum Gasteiger partial charge on any atom is -0.466 e. The molecule has 0 N–H and O–H groups in total. The molecule has 15 heavy (non-hydrogen) atoms. The van der Waals surface area contributed by atoms with Crippen LogP contribution in [0.5, 0.6) is 0 Å². The first kappa shape index (κ1) is 11.7. The Balaban J connectivity index is 2.36. The van der Waals surface area contributed by atoms with Crippen LogP contribution in [-0.2, 0) is 14.3 Å². The van der Waals surface area contributed by atoms with E-state index in [0.29, 0.717) is 12.8 Å². The number of carbonyl (C=O) groups is 2. The number of ether oxygens (including phenoxy) is 1. The van der Waals surface area contributed by atoms with Crippen LogP contribution in [0.15, 0.2) is 24.8 Å². The summed E-state index contributed by atoms with van der Waals surface area (Å²) in [7, 11) is 1.34. The zero-order chi connectivity index (χ0) is 11.3. The van der Waals surface area contributed by atoms with Crippen LogP contribution in [0.2, 0.25) is 0 Å². The lowest BCUT2D eigenvalue weighted by Crippen LogP contribution is -2.38. The first-order valence-corrected chi connectivity index (χ1v) is 5.06. The van der Waals surface area contributed by atoms with E-state index < -0.39 is 0 Å². The van der Waals surface area contributed by atoms with E-state index in [9.17, 15) is 9.59 Å². The van der Waals surface area contributed by atoms with Gasteiger partial charge in [0.1, 0.15) is 5.78 Å². The molecule has 0 amide bonds. The largest absolute Gasteiger partial charge is 0.466 e. The van der Waals surface area contributed by atoms with Crippen LogP contribution >= 0.6 is 0 Å². The number of ketones is 1. The number of esters is 1. The minimum absolute atomic E-state index is 0.268. The van der Waals surface area contributed by atoms with Crippen molar-refractivity contribution < 1.29 is 14.3 Å². The number of hydrogen-bond acceptors (Lipinski definition) is 3. The topological polar surface area (TPSA) is 43.4 Å². The van der Waals surface area contributed by atoms with Crippen LogP contribution in [0.25, 0.3) is 0 Å². The summed E-state index contributed by atoms with van der Waals surface area (Å²) in [5.41, 5.74) is -0.319. The molecule has 0 saturated heterocycles. The Labute approximate surface area is 89.8 Å². The van der Waals surface area contributed by atoms with E-state index in [1.807, 2.05) is 0 Å². The maximum Gasteiger partial charge on any atom is 0.330 e. The highest BCUT2D eigenvalue weighted by Gasteiger charge is 2.42. The van der Waals surface area contributed by atoms with Gasteiger partial charge >= 0.3 is 5.97 Å². The van der Waals surface area contributed by atoms with E-state index >= 15 is 0 Å². The van der Waals surface area contributed by atoms with Gasteiger partial charge in [-0.05, 0) is 19.3 Å². The third-order valence-corrected chi connectivity index (χ3v) is 2.96. The van der Waals surface area contributed by atoms with Gasteiger partial charge in [0.15, 0.2) is 0 Å². The molecule has 0 spiro atoms. The summed E-state index contributed by atoms with van der Waals surface area (Å²) in [6.07, 6.45) is 7.86. The summed E-state index contributed by atoms with van der Waals surface area (Å²) in [5.74, 6) is -0.0912. The number of rotatable bonds is 5. The SMILES string of the molecule is C=C[C@@]1(CC/C=C/C(=O)OC)CCC1=O. The molecule has 1 aliphatic rings. The Morgan fingerprint density at radius 1 is 1.67 bits per heavy atom. The summed E-state index contributed by atoms with van der Waals surface area (Å²) >= 11 is 0. The van der Waals surface area contributed by atoms with Gasteiger partial charge < -0.3 is 4.74 Å². The lowest BCUT2D eigenvalue weighted by atomic mass is 9.65. The Bertz CT molecular complexity index is 304. The van der Waals surface area contributed by atoms with Gasteiger partial charge in [-0.3, -0.25) is 4.79 Å². The van der Waals surface area contributed by atoms with Crippen molar-refractivity contribution in [3.05, 3.63) is 24.8 Å². The highest BCUT2D eigenvalue weighted by molar-refractivity contribution is 5.92. The van der Waals surface area contributed by atoms with Crippen molar-refractivity contribution in [2.24, 2.45) is 5.41 Å². The van der Waals surface area contributed by atoms with Gasteiger partial charge in [-0.2, -0.15) is 0 Å². The maximum atomic E-state index is 11.4. The average Bonchev–Trinajstić information content (AvgIpc) is 2.26. The molecule has 0 aromatic carbocycles. The molecule has 0 bridgehead atoms. The first-order chi connectivity index (χ1) is 7.14. The monoisotopic (exact) mass is 208 g/mol. The average molecular weight is 208 g/mol. The molecule has 0 aromatic heterocycles. The Morgan fingerprint density at radius 2 is 2.40 bits per heavy atom. The molecule has 0 aromatic rings. The highest BCUT2D eigenvalue weighted by Crippen LogP contribution is 2.42. The summed E-state index contributed by atoms with van der Waals surface area (Å²) in [6.45, 7) is 3.70. The summed E-state index contributed by atoms with van der Waals surface area (Å²) in [6, 6.07) is 0. The Morgan fingerprint density at radius 3 is 2.80 bits per heavy atom. The van der Waals surface area contributed by atoms with Crippen LogP contribution in [0.3, 0.4) is 0 Å². The highest BCUT2D eigenvalue weighted by atomic mass is 16.5. The summed E-state index contributed by atoms with van der Waals surface area (Å²) in [4.78, 5) is 22.1. The molecule has 82 valence electrons. The van der Waals surface area contributed by atoms with Crippen molar-refractivity contribution in [1.82, 2.24) is 0 Å². The van der Waals surface area contributed by atoms with Crippen LogP contribution in [-0.4, -0.2) is 18.9 Å². The van der Waals surface area contributed by atoms with Crippen LogP contribution in [0.1, 0.15) is 25.7 Å². The number of Topliss-reactive ketones (excluding diaryl/α,β-unsaturated/α-hetero) is 1. The molecule has 1 rings (SSSR count). The van der Waals surface area contributed by atoms with Gasteiger partial charge in [0, 0.05) is 17.9 Å². The third kappa shape index (κ3) is 2.55. The molecular weight excluding hydrogens is 192 g/mol. The standard InChI is InChI=1S/C12H16O3/c1-3-12(9-7-10(12)13)8-5-4-6-11(14)15-2/h3-4,6H,1,5,7-9H2,2H3/b6-4+/t12-/m1/s1. The smallest absolute Gasteiger partial charge is 0.330 e. The fourth-order valence-corrected chi connectivity index (χ4v) is 1.72. The van der Waals surface area contributed by atoms with Gasteiger partial charge in [-0.25, -0.2) is 4.79 Å². The molecule has 3 nitrogen and oxygen atoms in total. The molecule has 0 radical (unpaired) electrons. The molecular formula is C12H16O3. The third-order valence-electron chi connectivity index (χ3n) is 2.96. The number of allylic oxidation sites excluding steroid dienone is 2. The van der Waals surface area contributed by atoms with E-state index in [4.69, 9.17) is 0 Å².